The zero-order valence-corrected chi connectivity index (χ0v) is 16.5. The van der Waals surface area contributed by atoms with Gasteiger partial charge in [-0.15, -0.1) is 10.2 Å². The van der Waals surface area contributed by atoms with Crippen molar-refractivity contribution in [3.63, 3.8) is 0 Å². The van der Waals surface area contributed by atoms with Crippen molar-refractivity contribution >= 4 is 48.9 Å². The van der Waals surface area contributed by atoms with E-state index in [1.54, 1.807) is 24.3 Å². The van der Waals surface area contributed by atoms with E-state index >= 15 is 0 Å². The van der Waals surface area contributed by atoms with Gasteiger partial charge in [-0.05, 0) is 23.4 Å². The van der Waals surface area contributed by atoms with Gasteiger partial charge in [-0.2, -0.15) is 0 Å². The summed E-state index contributed by atoms with van der Waals surface area (Å²) in [6.07, 6.45) is 0.783. The summed E-state index contributed by atoms with van der Waals surface area (Å²) in [5.74, 6) is -0.00845. The Bertz CT molecular complexity index is 1130. The summed E-state index contributed by atoms with van der Waals surface area (Å²) in [4.78, 5) is 12.7. The Balaban J connectivity index is 1.57. The van der Waals surface area contributed by atoms with Crippen molar-refractivity contribution in [2.24, 2.45) is 5.92 Å². The highest BCUT2D eigenvalue weighted by molar-refractivity contribution is 7.93. The fourth-order valence-corrected chi connectivity index (χ4v) is 5.79. The Hall–Kier alpha value is -2.52. The second kappa shape index (κ2) is 6.58. The van der Waals surface area contributed by atoms with Gasteiger partial charge in [-0.1, -0.05) is 49.4 Å². The number of rotatable bonds is 5. The van der Waals surface area contributed by atoms with Gasteiger partial charge in [0.05, 0.1) is 10.6 Å². The standard InChI is InChI=1S/C18H18N4O3S2/c1-11(2)9-16-20-21-18(26-16)19-15(23)10-22-13-7-3-5-12-6-4-8-14(17(12)13)27(22,24)25/h3-8,11H,9-10H2,1-2H3,(H,19,21,23). The van der Waals surface area contributed by atoms with Crippen LogP contribution in [-0.4, -0.2) is 31.1 Å². The number of benzene rings is 2. The molecule has 1 amide bonds. The van der Waals surface area contributed by atoms with Gasteiger partial charge in [0.25, 0.3) is 10.0 Å². The molecule has 2 aromatic carbocycles. The van der Waals surface area contributed by atoms with Gasteiger partial charge >= 0.3 is 0 Å². The van der Waals surface area contributed by atoms with E-state index in [0.29, 0.717) is 22.1 Å². The maximum Gasteiger partial charge on any atom is 0.265 e. The SMILES string of the molecule is CC(C)Cc1nnc(NC(=O)CN2c3cccc4cccc(c34)S2(=O)=O)s1. The normalized spacial score (nSPS) is 14.9. The lowest BCUT2D eigenvalue weighted by atomic mass is 10.1. The van der Waals surface area contributed by atoms with Crippen molar-refractivity contribution in [1.29, 1.82) is 0 Å². The molecular weight excluding hydrogens is 384 g/mol. The first-order valence-electron chi connectivity index (χ1n) is 8.53. The van der Waals surface area contributed by atoms with Gasteiger partial charge in [-0.3, -0.25) is 14.4 Å². The molecule has 0 aliphatic carbocycles. The third-order valence-corrected chi connectivity index (χ3v) is 6.93. The molecule has 1 N–H and O–H groups in total. The van der Waals surface area contributed by atoms with Gasteiger partial charge < -0.3 is 0 Å². The lowest BCUT2D eigenvalue weighted by Gasteiger charge is -2.17. The summed E-state index contributed by atoms with van der Waals surface area (Å²) in [5.41, 5.74) is 0.524. The minimum absolute atomic E-state index is 0.235. The highest BCUT2D eigenvalue weighted by Crippen LogP contribution is 2.41. The molecule has 2 heterocycles. The second-order valence-corrected chi connectivity index (χ2v) is 9.68. The zero-order valence-electron chi connectivity index (χ0n) is 14.8. The summed E-state index contributed by atoms with van der Waals surface area (Å²) >= 11 is 1.31. The van der Waals surface area contributed by atoms with Gasteiger partial charge in [0.15, 0.2) is 0 Å². The van der Waals surface area contributed by atoms with E-state index in [2.05, 4.69) is 29.4 Å². The van der Waals surface area contributed by atoms with E-state index in [0.717, 1.165) is 21.1 Å². The van der Waals surface area contributed by atoms with E-state index in [9.17, 15) is 13.2 Å². The number of sulfonamides is 1. The van der Waals surface area contributed by atoms with Crippen molar-refractivity contribution < 1.29 is 13.2 Å². The van der Waals surface area contributed by atoms with Crippen LogP contribution in [0.15, 0.2) is 41.3 Å². The average molecular weight is 403 g/mol. The third-order valence-electron chi connectivity index (χ3n) is 4.26. The number of nitrogens with one attached hydrogen (secondary N) is 1. The summed E-state index contributed by atoms with van der Waals surface area (Å²) < 4.78 is 26.9. The van der Waals surface area contributed by atoms with E-state index in [4.69, 9.17) is 0 Å². The van der Waals surface area contributed by atoms with Crippen LogP contribution in [0.1, 0.15) is 18.9 Å². The second-order valence-electron chi connectivity index (χ2n) is 6.79. The number of nitrogens with zero attached hydrogens (tertiary/aromatic N) is 3. The summed E-state index contributed by atoms with van der Waals surface area (Å²) in [6.45, 7) is 3.85. The minimum Gasteiger partial charge on any atom is -0.299 e. The predicted molar refractivity (Wildman–Crippen MR) is 106 cm³/mol. The molecule has 27 heavy (non-hydrogen) atoms. The maximum absolute atomic E-state index is 12.9. The summed E-state index contributed by atoms with van der Waals surface area (Å²) in [5, 5.41) is 13.4. The third kappa shape index (κ3) is 3.17. The molecule has 0 spiro atoms. The van der Waals surface area contributed by atoms with Crippen LogP contribution < -0.4 is 9.62 Å². The fraction of sp³-hybridized carbons (Fsp3) is 0.278. The lowest BCUT2D eigenvalue weighted by molar-refractivity contribution is -0.114. The van der Waals surface area contributed by atoms with Gasteiger partial charge in [0.2, 0.25) is 11.0 Å². The molecule has 0 atom stereocenters. The molecule has 0 radical (unpaired) electrons. The smallest absolute Gasteiger partial charge is 0.265 e. The quantitative estimate of drug-likeness (QED) is 0.708. The molecule has 140 valence electrons. The molecule has 0 saturated carbocycles. The van der Waals surface area contributed by atoms with Crippen LogP contribution in [0.5, 0.6) is 0 Å². The minimum atomic E-state index is -3.76. The Morgan fingerprint density at radius 1 is 1.19 bits per heavy atom. The fourth-order valence-electron chi connectivity index (χ4n) is 3.15. The van der Waals surface area contributed by atoms with Crippen LogP contribution in [0.25, 0.3) is 10.8 Å². The van der Waals surface area contributed by atoms with Crippen molar-refractivity contribution in [2.45, 2.75) is 25.2 Å². The molecular formula is C18H18N4O3S2. The van der Waals surface area contributed by atoms with Crippen LogP contribution in [0.4, 0.5) is 10.8 Å². The molecule has 0 fully saturated rings. The number of amides is 1. The van der Waals surface area contributed by atoms with Gasteiger partial charge in [0, 0.05) is 11.8 Å². The van der Waals surface area contributed by atoms with Gasteiger partial charge in [0.1, 0.15) is 11.6 Å². The van der Waals surface area contributed by atoms with Crippen molar-refractivity contribution in [3.05, 3.63) is 41.4 Å². The molecule has 0 unspecified atom stereocenters. The number of carbonyl (C=O) groups excluding carboxylic acids is 1. The average Bonchev–Trinajstić information content (AvgIpc) is 3.12. The molecule has 1 aliphatic rings. The van der Waals surface area contributed by atoms with Crippen LogP contribution >= 0.6 is 11.3 Å². The van der Waals surface area contributed by atoms with Crippen LogP contribution in [-0.2, 0) is 21.2 Å². The summed E-state index contributed by atoms with van der Waals surface area (Å²) in [6, 6.07) is 10.5. The van der Waals surface area contributed by atoms with Crippen molar-refractivity contribution in [1.82, 2.24) is 10.2 Å². The van der Waals surface area contributed by atoms with Crippen LogP contribution in [0.2, 0.25) is 0 Å². The molecule has 0 saturated heterocycles. The molecule has 7 nitrogen and oxygen atoms in total. The first-order valence-corrected chi connectivity index (χ1v) is 10.8. The van der Waals surface area contributed by atoms with E-state index in [1.165, 1.54) is 11.3 Å². The Labute approximate surface area is 161 Å². The molecule has 1 aromatic heterocycles. The molecule has 9 heteroatoms. The van der Waals surface area contributed by atoms with E-state index in [-0.39, 0.29) is 11.4 Å². The number of carbonyl (C=O) groups is 1. The van der Waals surface area contributed by atoms with Crippen molar-refractivity contribution in [2.75, 3.05) is 16.2 Å². The maximum atomic E-state index is 12.9. The van der Waals surface area contributed by atoms with Crippen LogP contribution in [0, 0.1) is 5.92 Å². The predicted octanol–water partition coefficient (Wildman–Crippen LogP) is 3.04. The Morgan fingerprint density at radius 2 is 1.93 bits per heavy atom. The molecule has 1 aliphatic heterocycles. The molecule has 3 aromatic rings. The van der Waals surface area contributed by atoms with Crippen molar-refractivity contribution in [3.8, 4) is 0 Å². The lowest BCUT2D eigenvalue weighted by Crippen LogP contribution is -2.35. The van der Waals surface area contributed by atoms with Crippen LogP contribution in [0.3, 0.4) is 0 Å². The Morgan fingerprint density at radius 3 is 2.67 bits per heavy atom. The van der Waals surface area contributed by atoms with Gasteiger partial charge in [-0.25, -0.2) is 8.42 Å². The number of aromatic nitrogens is 2. The number of hydrogen-bond acceptors (Lipinski definition) is 6. The first-order chi connectivity index (χ1) is 12.9. The monoisotopic (exact) mass is 402 g/mol. The van der Waals surface area contributed by atoms with E-state index < -0.39 is 15.9 Å². The Kier molecular flexibility index (Phi) is 4.35. The molecule has 4 rings (SSSR count). The highest BCUT2D eigenvalue weighted by Gasteiger charge is 2.36. The van der Waals surface area contributed by atoms with E-state index in [1.807, 2.05) is 12.1 Å². The zero-order chi connectivity index (χ0) is 19.2. The summed E-state index contributed by atoms with van der Waals surface area (Å²) in [7, 11) is -3.76. The molecule has 0 bridgehead atoms. The topological polar surface area (TPSA) is 92.3 Å². The first kappa shape index (κ1) is 17.9. The number of anilines is 2. The number of hydrogen-bond donors (Lipinski definition) is 1. The highest BCUT2D eigenvalue weighted by atomic mass is 32.2. The largest absolute Gasteiger partial charge is 0.299 e.